The first-order chi connectivity index (χ1) is 21.9. The van der Waals surface area contributed by atoms with Crippen molar-refractivity contribution in [3.05, 3.63) is 158 Å². The zero-order valence-electron chi connectivity index (χ0n) is 24.1. The number of benzene rings is 5. The second-order valence-electron chi connectivity index (χ2n) is 11.5. The Morgan fingerprint density at radius 2 is 0.659 bits per heavy atom. The van der Waals surface area contributed by atoms with E-state index in [2.05, 4.69) is 165 Å². The number of hydrogen-bond acceptors (Lipinski definition) is 2. The SMILES string of the molecule is c1c[nH]c(N2c3ccccc3B(c3ccc(B4c5ccccc5N(c5ccc[nH]5)c5ccccc54)cc3)c3ccccc32)c1. The van der Waals surface area contributed by atoms with Gasteiger partial charge in [-0.3, -0.25) is 9.80 Å². The van der Waals surface area contributed by atoms with Crippen LogP contribution in [-0.2, 0) is 0 Å². The van der Waals surface area contributed by atoms with Gasteiger partial charge in [-0.1, -0.05) is 108 Å². The van der Waals surface area contributed by atoms with E-state index in [9.17, 15) is 0 Å². The van der Waals surface area contributed by atoms with E-state index in [1.807, 2.05) is 12.4 Å². The molecule has 0 saturated carbocycles. The van der Waals surface area contributed by atoms with Gasteiger partial charge in [0.05, 0.1) is 0 Å². The lowest BCUT2D eigenvalue weighted by Gasteiger charge is -2.37. The van der Waals surface area contributed by atoms with Gasteiger partial charge in [-0.2, -0.15) is 0 Å². The molecule has 2 aliphatic rings. The van der Waals surface area contributed by atoms with Crippen molar-refractivity contribution in [3.8, 4) is 0 Å². The zero-order valence-corrected chi connectivity index (χ0v) is 24.1. The Morgan fingerprint density at radius 3 is 0.955 bits per heavy atom. The summed E-state index contributed by atoms with van der Waals surface area (Å²) in [5.74, 6) is 2.14. The Kier molecular flexibility index (Phi) is 5.66. The largest absolute Gasteiger partial charge is 0.348 e. The Morgan fingerprint density at radius 1 is 0.341 bits per heavy atom. The van der Waals surface area contributed by atoms with Gasteiger partial charge in [-0.05, 0) is 70.4 Å². The third kappa shape index (κ3) is 3.74. The fourth-order valence-electron chi connectivity index (χ4n) is 7.37. The Balaban J connectivity index is 1.17. The standard InChI is InChI=1S/C38H28B2N4/c1-5-15-33-29(11-1)39(30-12-2-6-16-34(30)43(33)37-19-9-25-41-37)27-21-23-28(24-22-27)40-31-13-3-7-17-35(31)44(38-20-10-26-42-38)36-18-8-4-14-32(36)40/h1-26,41-42H. The Labute approximate surface area is 257 Å². The van der Waals surface area contributed by atoms with Crippen LogP contribution in [0.3, 0.4) is 0 Å². The van der Waals surface area contributed by atoms with Crippen LogP contribution in [0.25, 0.3) is 0 Å². The maximum atomic E-state index is 3.44. The van der Waals surface area contributed by atoms with Gasteiger partial charge in [0.1, 0.15) is 11.6 Å². The number of fused-ring (bicyclic) bond motifs is 4. The summed E-state index contributed by atoms with van der Waals surface area (Å²) in [6.07, 6.45) is 3.98. The van der Waals surface area contributed by atoms with Gasteiger partial charge >= 0.3 is 0 Å². The molecular weight excluding hydrogens is 534 g/mol. The molecule has 0 saturated heterocycles. The van der Waals surface area contributed by atoms with Crippen molar-refractivity contribution in [3.63, 3.8) is 0 Å². The van der Waals surface area contributed by atoms with E-state index in [1.165, 1.54) is 55.5 Å². The summed E-state index contributed by atoms with van der Waals surface area (Å²) in [7, 11) is 0. The van der Waals surface area contributed by atoms with Crippen LogP contribution in [0.15, 0.2) is 158 Å². The van der Waals surface area contributed by atoms with Crippen LogP contribution in [-0.4, -0.2) is 23.4 Å². The molecule has 0 unspecified atom stereocenters. The van der Waals surface area contributed by atoms with Gasteiger partial charge in [0, 0.05) is 35.1 Å². The average Bonchev–Trinajstić information content (AvgIpc) is 3.82. The van der Waals surface area contributed by atoms with E-state index in [-0.39, 0.29) is 13.4 Å². The minimum Gasteiger partial charge on any atom is -0.348 e. The number of hydrogen-bond donors (Lipinski definition) is 2. The number of para-hydroxylation sites is 4. The zero-order chi connectivity index (χ0) is 29.0. The Hall–Kier alpha value is -5.61. The number of rotatable bonds is 4. The van der Waals surface area contributed by atoms with Crippen LogP contribution in [0.4, 0.5) is 34.4 Å². The van der Waals surface area contributed by atoms with E-state index in [4.69, 9.17) is 0 Å². The molecule has 7 aromatic rings. The number of aromatic amines is 2. The fourth-order valence-corrected chi connectivity index (χ4v) is 7.37. The minimum atomic E-state index is 0.136. The number of H-pyrrole nitrogens is 2. The van der Waals surface area contributed by atoms with Crippen LogP contribution in [0.2, 0.25) is 0 Å². The lowest BCUT2D eigenvalue weighted by atomic mass is 9.33. The van der Waals surface area contributed by atoms with E-state index in [0.29, 0.717) is 0 Å². The molecule has 2 aromatic heterocycles. The second-order valence-corrected chi connectivity index (χ2v) is 11.5. The highest BCUT2D eigenvalue weighted by Gasteiger charge is 2.37. The van der Waals surface area contributed by atoms with Crippen molar-refractivity contribution < 1.29 is 0 Å². The molecule has 9 rings (SSSR count). The summed E-state index contributed by atoms with van der Waals surface area (Å²) < 4.78 is 0. The van der Waals surface area contributed by atoms with Gasteiger partial charge in [-0.15, -0.1) is 0 Å². The molecule has 6 heteroatoms. The molecule has 44 heavy (non-hydrogen) atoms. The molecule has 4 nitrogen and oxygen atoms in total. The summed E-state index contributed by atoms with van der Waals surface area (Å²) in [5, 5.41) is 0. The summed E-state index contributed by atoms with van der Waals surface area (Å²) in [5.41, 5.74) is 12.7. The summed E-state index contributed by atoms with van der Waals surface area (Å²) in [4.78, 5) is 11.6. The van der Waals surface area contributed by atoms with Crippen molar-refractivity contribution >= 4 is 80.6 Å². The van der Waals surface area contributed by atoms with Gasteiger partial charge in [0.15, 0.2) is 0 Å². The predicted molar refractivity (Wildman–Crippen MR) is 187 cm³/mol. The monoisotopic (exact) mass is 562 g/mol. The molecule has 0 aliphatic carbocycles. The quantitative estimate of drug-likeness (QED) is 0.299. The maximum absolute atomic E-state index is 3.44. The van der Waals surface area contributed by atoms with Crippen LogP contribution >= 0.6 is 0 Å². The first-order valence-corrected chi connectivity index (χ1v) is 15.2. The van der Waals surface area contributed by atoms with Crippen LogP contribution in [0.1, 0.15) is 0 Å². The topological polar surface area (TPSA) is 38.1 Å². The summed E-state index contributed by atoms with van der Waals surface area (Å²) in [6.45, 7) is 0.272. The molecule has 0 spiro atoms. The third-order valence-corrected chi connectivity index (χ3v) is 9.20. The van der Waals surface area contributed by atoms with Gasteiger partial charge in [0.25, 0.3) is 0 Å². The number of nitrogens with zero attached hydrogens (tertiary/aromatic N) is 2. The van der Waals surface area contributed by atoms with Crippen molar-refractivity contribution in [1.82, 2.24) is 9.97 Å². The first-order valence-electron chi connectivity index (χ1n) is 15.2. The fraction of sp³-hybridized carbons (Fsp3) is 0. The van der Waals surface area contributed by atoms with E-state index < -0.39 is 0 Å². The van der Waals surface area contributed by atoms with E-state index in [1.54, 1.807) is 0 Å². The predicted octanol–water partition coefficient (Wildman–Crippen LogP) is 4.94. The number of aromatic nitrogens is 2. The molecule has 0 radical (unpaired) electrons. The van der Waals surface area contributed by atoms with E-state index in [0.717, 1.165) is 11.6 Å². The highest BCUT2D eigenvalue weighted by molar-refractivity contribution is 6.99. The summed E-state index contributed by atoms with van der Waals surface area (Å²) in [6, 6.07) is 53.0. The number of anilines is 6. The molecule has 4 heterocycles. The molecule has 0 amide bonds. The normalized spacial score (nSPS) is 13.3. The molecular formula is C38H28B2N4. The van der Waals surface area contributed by atoms with Gasteiger partial charge in [0.2, 0.25) is 13.4 Å². The molecule has 2 aliphatic heterocycles. The van der Waals surface area contributed by atoms with Gasteiger partial charge < -0.3 is 9.97 Å². The molecule has 0 bridgehead atoms. The summed E-state index contributed by atoms with van der Waals surface area (Å²) >= 11 is 0. The van der Waals surface area contributed by atoms with Crippen LogP contribution in [0.5, 0.6) is 0 Å². The highest BCUT2D eigenvalue weighted by Crippen LogP contribution is 2.36. The third-order valence-electron chi connectivity index (χ3n) is 9.20. The van der Waals surface area contributed by atoms with Gasteiger partial charge in [-0.25, -0.2) is 0 Å². The van der Waals surface area contributed by atoms with Crippen molar-refractivity contribution in [2.24, 2.45) is 0 Å². The van der Waals surface area contributed by atoms with E-state index >= 15 is 0 Å². The lowest BCUT2D eigenvalue weighted by molar-refractivity contribution is 1.22. The molecule has 5 aromatic carbocycles. The molecule has 0 fully saturated rings. The maximum Gasteiger partial charge on any atom is 0.246 e. The van der Waals surface area contributed by atoms with Crippen LogP contribution < -0.4 is 42.6 Å². The number of nitrogens with one attached hydrogen (secondary N) is 2. The smallest absolute Gasteiger partial charge is 0.246 e. The van der Waals surface area contributed by atoms with Crippen molar-refractivity contribution in [1.29, 1.82) is 0 Å². The first kappa shape index (κ1) is 24.9. The molecule has 206 valence electrons. The second kappa shape index (κ2) is 9.99. The average molecular weight is 562 g/mol. The molecule has 0 atom stereocenters. The minimum absolute atomic E-state index is 0.136. The van der Waals surface area contributed by atoms with Crippen LogP contribution in [0, 0.1) is 0 Å². The van der Waals surface area contributed by atoms with Crippen molar-refractivity contribution in [2.45, 2.75) is 0 Å². The Bertz CT molecular complexity index is 1850. The van der Waals surface area contributed by atoms with Crippen molar-refractivity contribution in [2.75, 3.05) is 9.80 Å². The molecule has 2 N–H and O–H groups in total. The lowest BCUT2D eigenvalue weighted by Crippen LogP contribution is -2.59. The highest BCUT2D eigenvalue weighted by atomic mass is 15.2.